The van der Waals surface area contributed by atoms with Gasteiger partial charge < -0.3 is 9.51 Å². The Bertz CT molecular complexity index is 1200. The number of fused-ring (bicyclic) bond motifs is 1. The fourth-order valence-electron chi connectivity index (χ4n) is 3.46. The van der Waals surface area contributed by atoms with Gasteiger partial charge >= 0.3 is 0 Å². The van der Waals surface area contributed by atoms with Crippen molar-refractivity contribution in [2.75, 3.05) is 0 Å². The monoisotopic (exact) mass is 370 g/mol. The molecule has 1 unspecified atom stereocenters. The first kappa shape index (κ1) is 16.7. The van der Waals surface area contributed by atoms with Crippen LogP contribution >= 0.6 is 0 Å². The number of aliphatic hydroxyl groups excluding tert-OH is 1. The number of hydrogen-bond donors (Lipinski definition) is 1. The maximum Gasteiger partial charge on any atom is 0.141 e. The summed E-state index contributed by atoms with van der Waals surface area (Å²) in [5, 5.41) is 23.9. The number of pyridine rings is 2. The maximum atomic E-state index is 10.2. The van der Waals surface area contributed by atoms with Gasteiger partial charge in [-0.15, -0.1) is 0 Å². The van der Waals surface area contributed by atoms with E-state index in [1.807, 2.05) is 41.2 Å². The average Bonchev–Trinajstić information content (AvgIpc) is 3.30. The van der Waals surface area contributed by atoms with Crippen LogP contribution in [0.5, 0.6) is 0 Å². The van der Waals surface area contributed by atoms with E-state index < -0.39 is 0 Å². The third-order valence-corrected chi connectivity index (χ3v) is 5.17. The van der Waals surface area contributed by atoms with Gasteiger partial charge in [0.05, 0.1) is 24.5 Å². The fourth-order valence-corrected chi connectivity index (χ4v) is 3.46. The van der Waals surface area contributed by atoms with E-state index in [4.69, 9.17) is 0 Å². The van der Waals surface area contributed by atoms with Crippen LogP contribution in [-0.2, 0) is 6.54 Å². The molecule has 4 heterocycles. The van der Waals surface area contributed by atoms with Crippen LogP contribution in [0.4, 0.5) is 0 Å². The van der Waals surface area contributed by atoms with Crippen molar-refractivity contribution in [1.29, 1.82) is 5.26 Å². The molecule has 0 aromatic carbocycles. The summed E-state index contributed by atoms with van der Waals surface area (Å²) in [6.07, 6.45) is 11.1. The molecule has 28 heavy (non-hydrogen) atoms. The van der Waals surface area contributed by atoms with Crippen molar-refractivity contribution < 1.29 is 5.11 Å². The number of aliphatic hydroxyl groups is 1. The topological polar surface area (TPSA) is 92.0 Å². The molecule has 4 aromatic rings. The molecule has 1 saturated carbocycles. The summed E-state index contributed by atoms with van der Waals surface area (Å²) in [4.78, 5) is 8.89. The predicted molar refractivity (Wildman–Crippen MR) is 103 cm³/mol. The molecular weight excluding hydrogens is 352 g/mol. The van der Waals surface area contributed by atoms with Gasteiger partial charge in [0, 0.05) is 41.5 Å². The minimum Gasteiger partial charge on any atom is -0.391 e. The van der Waals surface area contributed by atoms with Crippen LogP contribution in [0.25, 0.3) is 28.0 Å². The highest BCUT2D eigenvalue weighted by molar-refractivity contribution is 5.81. The van der Waals surface area contributed by atoms with Gasteiger partial charge in [0.2, 0.25) is 0 Å². The van der Waals surface area contributed by atoms with Crippen LogP contribution in [-0.4, -0.2) is 35.4 Å². The maximum absolute atomic E-state index is 10.2. The van der Waals surface area contributed by atoms with Crippen LogP contribution in [0, 0.1) is 17.2 Å². The Kier molecular flexibility index (Phi) is 3.92. The molecule has 1 N–H and O–H groups in total. The molecule has 0 amide bonds. The number of nitrogens with zero attached hydrogens (tertiary/aromatic N) is 6. The summed E-state index contributed by atoms with van der Waals surface area (Å²) in [5.41, 5.74) is 4.57. The van der Waals surface area contributed by atoms with Gasteiger partial charge in [0.15, 0.2) is 0 Å². The lowest BCUT2D eigenvalue weighted by Gasteiger charge is -2.09. The molecule has 1 aliphatic rings. The summed E-state index contributed by atoms with van der Waals surface area (Å²) < 4.78 is 3.70. The number of hydrogen-bond acceptors (Lipinski definition) is 5. The molecule has 0 radical (unpaired) electrons. The summed E-state index contributed by atoms with van der Waals surface area (Å²) in [6, 6.07) is 9.64. The first-order chi connectivity index (χ1) is 13.7. The largest absolute Gasteiger partial charge is 0.391 e. The molecule has 138 valence electrons. The predicted octanol–water partition coefficient (Wildman–Crippen LogP) is 2.90. The van der Waals surface area contributed by atoms with Crippen LogP contribution < -0.4 is 0 Å². The molecule has 0 bridgehead atoms. The van der Waals surface area contributed by atoms with Crippen LogP contribution in [0.15, 0.2) is 55.2 Å². The molecule has 7 heteroatoms. The van der Waals surface area contributed by atoms with Crippen molar-refractivity contribution in [3.8, 4) is 28.5 Å². The SMILES string of the molecule is N#Cc1ccc(-c2cnn(CC(O)C3CC3)c2)c(-c2ccn3ccnc3c2)n1. The Hall–Kier alpha value is -3.50. The second-order valence-electron chi connectivity index (χ2n) is 7.17. The zero-order chi connectivity index (χ0) is 19.1. The van der Waals surface area contributed by atoms with E-state index in [9.17, 15) is 10.4 Å². The van der Waals surface area contributed by atoms with Gasteiger partial charge in [-0.2, -0.15) is 10.4 Å². The van der Waals surface area contributed by atoms with Gasteiger partial charge in [-0.05, 0) is 43.0 Å². The van der Waals surface area contributed by atoms with E-state index >= 15 is 0 Å². The van der Waals surface area contributed by atoms with Crippen molar-refractivity contribution >= 4 is 5.65 Å². The number of imidazole rings is 1. The quantitative estimate of drug-likeness (QED) is 0.583. The number of rotatable bonds is 5. The summed E-state index contributed by atoms with van der Waals surface area (Å²) in [5.74, 6) is 0.404. The zero-order valence-electron chi connectivity index (χ0n) is 15.1. The minimum atomic E-state index is -0.353. The Morgan fingerprint density at radius 2 is 2.11 bits per heavy atom. The van der Waals surface area contributed by atoms with Crippen LogP contribution in [0.1, 0.15) is 18.5 Å². The van der Waals surface area contributed by atoms with Crippen LogP contribution in [0.2, 0.25) is 0 Å². The second-order valence-corrected chi connectivity index (χ2v) is 7.17. The standard InChI is InChI=1S/C21H18N6O/c22-10-17-3-4-18(16-11-24-27(12-16)13-19(28)14-1-2-14)21(25-17)15-5-7-26-8-6-23-20(26)9-15/h3-9,11-12,14,19,28H,1-2,13H2. The molecule has 7 nitrogen and oxygen atoms in total. The third kappa shape index (κ3) is 3.04. The lowest BCUT2D eigenvalue weighted by molar-refractivity contribution is 0.127. The van der Waals surface area contributed by atoms with E-state index in [2.05, 4.69) is 21.1 Å². The van der Waals surface area contributed by atoms with Crippen molar-refractivity contribution in [1.82, 2.24) is 24.1 Å². The summed E-state index contributed by atoms with van der Waals surface area (Å²) in [7, 11) is 0. The van der Waals surface area contributed by atoms with Crippen LogP contribution in [0.3, 0.4) is 0 Å². The number of nitriles is 1. The minimum absolute atomic E-state index is 0.353. The molecule has 1 aliphatic carbocycles. The van der Waals surface area contributed by atoms with Gasteiger partial charge in [0.25, 0.3) is 0 Å². The normalized spacial score (nSPS) is 14.9. The van der Waals surface area contributed by atoms with Crippen molar-refractivity contribution in [2.24, 2.45) is 5.92 Å². The van der Waals surface area contributed by atoms with E-state index in [-0.39, 0.29) is 6.10 Å². The smallest absolute Gasteiger partial charge is 0.141 e. The highest BCUT2D eigenvalue weighted by atomic mass is 16.3. The lowest BCUT2D eigenvalue weighted by Crippen LogP contribution is -2.18. The van der Waals surface area contributed by atoms with Gasteiger partial charge in [-0.1, -0.05) is 0 Å². The third-order valence-electron chi connectivity index (χ3n) is 5.17. The fraction of sp³-hybridized carbons (Fsp3) is 0.238. The van der Waals surface area contributed by atoms with E-state index in [1.54, 1.807) is 23.1 Å². The molecule has 0 spiro atoms. The van der Waals surface area contributed by atoms with Crippen molar-refractivity contribution in [3.05, 3.63) is 60.9 Å². The first-order valence-electron chi connectivity index (χ1n) is 9.26. The highest BCUT2D eigenvalue weighted by Gasteiger charge is 2.30. The molecule has 0 saturated heterocycles. The van der Waals surface area contributed by atoms with E-state index in [0.717, 1.165) is 35.2 Å². The highest BCUT2D eigenvalue weighted by Crippen LogP contribution is 2.34. The Morgan fingerprint density at radius 1 is 1.21 bits per heavy atom. The lowest BCUT2D eigenvalue weighted by atomic mass is 10.0. The molecule has 4 aromatic heterocycles. The molecule has 5 rings (SSSR count). The van der Waals surface area contributed by atoms with Crippen molar-refractivity contribution in [2.45, 2.75) is 25.5 Å². The van der Waals surface area contributed by atoms with Gasteiger partial charge in [0.1, 0.15) is 17.4 Å². The Balaban J connectivity index is 1.56. The Labute approximate surface area is 161 Å². The van der Waals surface area contributed by atoms with Crippen molar-refractivity contribution in [3.63, 3.8) is 0 Å². The Morgan fingerprint density at radius 3 is 2.93 bits per heavy atom. The van der Waals surface area contributed by atoms with E-state index in [0.29, 0.717) is 23.9 Å². The van der Waals surface area contributed by atoms with Gasteiger partial charge in [-0.25, -0.2) is 9.97 Å². The first-order valence-corrected chi connectivity index (χ1v) is 9.26. The molecule has 1 atom stereocenters. The second kappa shape index (κ2) is 6.59. The molecule has 0 aliphatic heterocycles. The van der Waals surface area contributed by atoms with E-state index in [1.165, 1.54) is 0 Å². The zero-order valence-corrected chi connectivity index (χ0v) is 15.1. The molecular formula is C21H18N6O. The molecule has 1 fully saturated rings. The summed E-state index contributed by atoms with van der Waals surface area (Å²) in [6.45, 7) is 0.490. The summed E-state index contributed by atoms with van der Waals surface area (Å²) >= 11 is 0. The number of aromatic nitrogens is 5. The van der Waals surface area contributed by atoms with Gasteiger partial charge in [-0.3, -0.25) is 4.68 Å². The average molecular weight is 370 g/mol.